The van der Waals surface area contributed by atoms with Crippen LogP contribution < -0.4 is 5.32 Å². The zero-order chi connectivity index (χ0) is 9.38. The summed E-state index contributed by atoms with van der Waals surface area (Å²) < 4.78 is 5.13. The van der Waals surface area contributed by atoms with Crippen LogP contribution in [0.2, 0.25) is 0 Å². The summed E-state index contributed by atoms with van der Waals surface area (Å²) in [5, 5.41) is 5.84. The van der Waals surface area contributed by atoms with E-state index in [4.69, 9.17) is 4.42 Å². The van der Waals surface area contributed by atoms with Crippen LogP contribution in [0.4, 0.5) is 5.69 Å². The lowest BCUT2D eigenvalue weighted by Crippen LogP contribution is -2.14. The number of thioether (sulfide) groups is 1. The Morgan fingerprint density at radius 3 is 3.36 bits per heavy atom. The van der Waals surface area contributed by atoms with Gasteiger partial charge in [0.2, 0.25) is 0 Å². The Kier molecular flexibility index (Phi) is 1.99. The number of fused-ring (bicyclic) bond motifs is 1. The van der Waals surface area contributed by atoms with Crippen LogP contribution in [-0.4, -0.2) is 11.5 Å². The molecule has 3 rings (SSSR count). The van der Waals surface area contributed by atoms with Crippen LogP contribution in [0.3, 0.4) is 0 Å². The van der Waals surface area contributed by atoms with E-state index in [9.17, 15) is 0 Å². The number of anilines is 1. The van der Waals surface area contributed by atoms with E-state index in [1.54, 1.807) is 23.9 Å². The summed E-state index contributed by atoms with van der Waals surface area (Å²) in [5.41, 5.74) is 4.13. The van der Waals surface area contributed by atoms with E-state index < -0.39 is 0 Å². The highest BCUT2D eigenvalue weighted by Crippen LogP contribution is 2.43. The van der Waals surface area contributed by atoms with E-state index in [0.717, 1.165) is 17.9 Å². The number of hydrogen-bond donors (Lipinski definition) is 1. The first-order valence-corrected chi connectivity index (χ1v) is 6.10. The Hall–Kier alpha value is -0.940. The highest BCUT2D eigenvalue weighted by Gasteiger charge is 2.22. The first kappa shape index (κ1) is 8.38. The van der Waals surface area contributed by atoms with Gasteiger partial charge in [0, 0.05) is 11.9 Å². The van der Waals surface area contributed by atoms with Crippen molar-refractivity contribution < 1.29 is 4.42 Å². The first-order valence-electron chi connectivity index (χ1n) is 4.28. The fourth-order valence-electron chi connectivity index (χ4n) is 1.45. The Morgan fingerprint density at radius 1 is 1.50 bits per heavy atom. The minimum Gasteiger partial charge on any atom is -0.469 e. The highest BCUT2D eigenvalue weighted by molar-refractivity contribution is 7.99. The predicted molar refractivity (Wildman–Crippen MR) is 57.9 cm³/mol. The molecule has 0 radical (unpaired) electrons. The molecule has 0 fully saturated rings. The molecule has 3 heterocycles. The first-order chi connectivity index (χ1) is 6.93. The molecule has 1 atom stereocenters. The largest absolute Gasteiger partial charge is 0.469 e. The van der Waals surface area contributed by atoms with Crippen molar-refractivity contribution in [3.63, 3.8) is 0 Å². The molecule has 1 N–H and O–H groups in total. The van der Waals surface area contributed by atoms with Crippen molar-refractivity contribution in [2.45, 2.75) is 10.1 Å². The number of nitrogens with one attached hydrogen (secondary N) is 1. The number of hydrogen-bond acceptors (Lipinski definition) is 5. The molecule has 5 heteroatoms. The van der Waals surface area contributed by atoms with Gasteiger partial charge >= 0.3 is 0 Å². The van der Waals surface area contributed by atoms with Crippen molar-refractivity contribution in [1.82, 2.24) is 4.98 Å². The molecule has 1 aliphatic rings. The van der Waals surface area contributed by atoms with Gasteiger partial charge in [-0.15, -0.1) is 23.1 Å². The lowest BCUT2D eigenvalue weighted by molar-refractivity contribution is 0.562. The summed E-state index contributed by atoms with van der Waals surface area (Å²) in [4.78, 5) is 5.50. The Bertz CT molecular complexity index is 424. The summed E-state index contributed by atoms with van der Waals surface area (Å²) in [6.45, 7) is 0.918. The zero-order valence-electron chi connectivity index (χ0n) is 7.27. The standard InChI is InChI=1S/C9H8N2OS2/c1-8(7-4-13-5-11-7)14-9-3-12-2-6(9)10-1/h2-5,8,10H,1H2. The van der Waals surface area contributed by atoms with E-state index in [-0.39, 0.29) is 0 Å². The topological polar surface area (TPSA) is 38.1 Å². The lowest BCUT2D eigenvalue weighted by Gasteiger charge is -2.20. The molecule has 0 spiro atoms. The van der Waals surface area contributed by atoms with Gasteiger partial charge in [0.1, 0.15) is 12.5 Å². The summed E-state index contributed by atoms with van der Waals surface area (Å²) >= 11 is 3.45. The minimum absolute atomic E-state index is 0.409. The van der Waals surface area contributed by atoms with Crippen molar-refractivity contribution >= 4 is 28.8 Å². The van der Waals surface area contributed by atoms with Crippen molar-refractivity contribution in [2.24, 2.45) is 0 Å². The number of nitrogens with zero attached hydrogens (tertiary/aromatic N) is 1. The van der Waals surface area contributed by atoms with E-state index in [0.29, 0.717) is 5.25 Å². The number of aromatic nitrogens is 1. The van der Waals surface area contributed by atoms with E-state index >= 15 is 0 Å². The normalized spacial score (nSPS) is 20.1. The van der Waals surface area contributed by atoms with Crippen LogP contribution in [-0.2, 0) is 0 Å². The van der Waals surface area contributed by atoms with Crippen LogP contribution in [0, 0.1) is 0 Å². The Balaban J connectivity index is 1.88. The molecule has 1 aliphatic heterocycles. The van der Waals surface area contributed by atoms with E-state index in [2.05, 4.69) is 15.7 Å². The van der Waals surface area contributed by atoms with Gasteiger partial charge in [0.05, 0.1) is 27.0 Å². The van der Waals surface area contributed by atoms with Crippen LogP contribution in [0.25, 0.3) is 0 Å². The third-order valence-corrected chi connectivity index (χ3v) is 4.02. The van der Waals surface area contributed by atoms with Gasteiger partial charge in [-0.05, 0) is 0 Å². The molecule has 3 nitrogen and oxygen atoms in total. The monoisotopic (exact) mass is 224 g/mol. The second-order valence-corrected chi connectivity index (χ2v) is 5.01. The van der Waals surface area contributed by atoms with Gasteiger partial charge in [0.25, 0.3) is 0 Å². The fraction of sp³-hybridized carbons (Fsp3) is 0.222. The zero-order valence-corrected chi connectivity index (χ0v) is 8.90. The summed E-state index contributed by atoms with van der Waals surface area (Å²) in [6, 6.07) is 0. The van der Waals surface area contributed by atoms with E-state index in [1.165, 1.54) is 4.90 Å². The van der Waals surface area contributed by atoms with Gasteiger partial charge in [-0.3, -0.25) is 0 Å². The van der Waals surface area contributed by atoms with Gasteiger partial charge in [-0.25, -0.2) is 4.98 Å². The maximum absolute atomic E-state index is 5.13. The van der Waals surface area contributed by atoms with Crippen LogP contribution in [0.5, 0.6) is 0 Å². The molecule has 2 aromatic rings. The van der Waals surface area contributed by atoms with Crippen LogP contribution in [0.1, 0.15) is 10.9 Å². The summed E-state index contributed by atoms with van der Waals surface area (Å²) in [5.74, 6) is 0. The highest BCUT2D eigenvalue weighted by atomic mass is 32.2. The molecule has 0 amide bonds. The van der Waals surface area contributed by atoms with Crippen LogP contribution >= 0.6 is 23.1 Å². The fourth-order valence-corrected chi connectivity index (χ4v) is 3.22. The molecule has 14 heavy (non-hydrogen) atoms. The maximum Gasteiger partial charge on any atom is 0.115 e. The summed E-state index contributed by atoms with van der Waals surface area (Å²) in [6.07, 6.45) is 3.53. The minimum atomic E-state index is 0.409. The molecular weight excluding hydrogens is 216 g/mol. The smallest absolute Gasteiger partial charge is 0.115 e. The van der Waals surface area contributed by atoms with Gasteiger partial charge in [0.15, 0.2) is 0 Å². The molecule has 0 aliphatic carbocycles. The number of thiazole rings is 1. The second-order valence-electron chi connectivity index (χ2n) is 3.05. The third-order valence-electron chi connectivity index (χ3n) is 2.15. The lowest BCUT2D eigenvalue weighted by atomic mass is 10.3. The van der Waals surface area contributed by atoms with Gasteiger partial charge in [-0.2, -0.15) is 0 Å². The molecule has 2 aromatic heterocycles. The molecule has 0 aromatic carbocycles. The van der Waals surface area contributed by atoms with E-state index in [1.807, 2.05) is 17.3 Å². The maximum atomic E-state index is 5.13. The van der Waals surface area contributed by atoms with Crippen molar-refractivity contribution in [3.05, 3.63) is 29.1 Å². The van der Waals surface area contributed by atoms with Crippen molar-refractivity contribution in [3.8, 4) is 0 Å². The number of furan rings is 1. The molecule has 0 saturated heterocycles. The Labute approximate surface area is 89.5 Å². The second kappa shape index (κ2) is 3.33. The quantitative estimate of drug-likeness (QED) is 0.808. The SMILES string of the molecule is c1nc(C2CNc3cocc3S2)cs1. The molecule has 1 unspecified atom stereocenters. The van der Waals surface area contributed by atoms with Gasteiger partial charge in [-0.1, -0.05) is 0 Å². The average molecular weight is 224 g/mol. The predicted octanol–water partition coefficient (Wildman–Crippen LogP) is 3.00. The molecular formula is C9H8N2OS2. The van der Waals surface area contributed by atoms with Crippen LogP contribution in [0.15, 0.2) is 32.7 Å². The van der Waals surface area contributed by atoms with Gasteiger partial charge < -0.3 is 9.73 Å². The molecule has 0 bridgehead atoms. The third kappa shape index (κ3) is 1.33. The van der Waals surface area contributed by atoms with Crippen molar-refractivity contribution in [1.29, 1.82) is 0 Å². The summed E-state index contributed by atoms with van der Waals surface area (Å²) in [7, 11) is 0. The molecule has 0 saturated carbocycles. The number of rotatable bonds is 1. The van der Waals surface area contributed by atoms with Crippen molar-refractivity contribution in [2.75, 3.05) is 11.9 Å². The molecule has 72 valence electrons. The average Bonchev–Trinajstić information content (AvgIpc) is 2.88. The Morgan fingerprint density at radius 2 is 2.50 bits per heavy atom.